The molecule has 0 atom stereocenters. The fraction of sp³-hybridized carbons (Fsp3) is 0.562. The molecular weight excluding hydrogens is 376 g/mol. The summed E-state index contributed by atoms with van der Waals surface area (Å²) in [6.45, 7) is 4.11. The Kier molecular flexibility index (Phi) is 5.16. The van der Waals surface area contributed by atoms with E-state index in [1.165, 1.54) is 30.6 Å². The standard InChI is InChI=1S/C16H21BrN4OS/c1-9(2)13-12(17)14(21-20-13)15(22)19-16-18-10-7-5-3-4-6-8-11(10)23-16/h9H,3-8H2,1-2H3,(H,20,21)(H,18,19,22). The van der Waals surface area contributed by atoms with Gasteiger partial charge in [-0.3, -0.25) is 15.2 Å². The molecule has 5 nitrogen and oxygen atoms in total. The van der Waals surface area contributed by atoms with Crippen LogP contribution in [0.15, 0.2) is 4.47 Å². The van der Waals surface area contributed by atoms with Gasteiger partial charge in [-0.15, -0.1) is 11.3 Å². The summed E-state index contributed by atoms with van der Waals surface area (Å²) in [5.41, 5.74) is 2.48. The molecular formula is C16H21BrN4OS. The van der Waals surface area contributed by atoms with E-state index >= 15 is 0 Å². The Balaban J connectivity index is 1.76. The Morgan fingerprint density at radius 3 is 2.70 bits per heavy atom. The van der Waals surface area contributed by atoms with Crippen LogP contribution in [0.5, 0.6) is 0 Å². The summed E-state index contributed by atoms with van der Waals surface area (Å²) in [4.78, 5) is 18.4. The molecule has 1 aliphatic rings. The van der Waals surface area contributed by atoms with Gasteiger partial charge in [0.05, 0.1) is 15.9 Å². The maximum absolute atomic E-state index is 12.5. The number of thiazole rings is 1. The van der Waals surface area contributed by atoms with Gasteiger partial charge in [-0.25, -0.2) is 4.98 Å². The summed E-state index contributed by atoms with van der Waals surface area (Å²) < 4.78 is 0.736. The molecule has 0 aliphatic heterocycles. The topological polar surface area (TPSA) is 70.7 Å². The van der Waals surface area contributed by atoms with Crippen LogP contribution in [0.4, 0.5) is 5.13 Å². The summed E-state index contributed by atoms with van der Waals surface area (Å²) in [5, 5.41) is 10.7. The summed E-state index contributed by atoms with van der Waals surface area (Å²) in [7, 11) is 0. The highest BCUT2D eigenvalue weighted by Gasteiger charge is 2.21. The van der Waals surface area contributed by atoms with E-state index in [0.29, 0.717) is 10.8 Å². The maximum Gasteiger partial charge on any atom is 0.279 e. The number of H-pyrrole nitrogens is 1. The Morgan fingerprint density at radius 1 is 1.26 bits per heavy atom. The van der Waals surface area contributed by atoms with Crippen LogP contribution in [-0.4, -0.2) is 21.1 Å². The third-order valence-electron chi connectivity index (χ3n) is 4.09. The van der Waals surface area contributed by atoms with Crippen molar-refractivity contribution in [1.29, 1.82) is 0 Å². The van der Waals surface area contributed by atoms with Crippen LogP contribution < -0.4 is 5.32 Å². The lowest BCUT2D eigenvalue weighted by molar-refractivity contribution is 0.102. The van der Waals surface area contributed by atoms with Crippen LogP contribution in [0.2, 0.25) is 0 Å². The number of rotatable bonds is 3. The molecule has 124 valence electrons. The number of hydrogen-bond acceptors (Lipinski definition) is 4. The molecule has 0 radical (unpaired) electrons. The summed E-state index contributed by atoms with van der Waals surface area (Å²) in [6, 6.07) is 0. The molecule has 0 unspecified atom stereocenters. The van der Waals surface area contributed by atoms with Gasteiger partial charge in [0.15, 0.2) is 10.8 Å². The number of nitrogens with zero attached hydrogens (tertiary/aromatic N) is 2. The number of aryl methyl sites for hydroxylation is 2. The molecule has 0 saturated carbocycles. The average Bonchev–Trinajstić information content (AvgIpc) is 3.03. The van der Waals surface area contributed by atoms with Crippen molar-refractivity contribution in [2.75, 3.05) is 5.32 Å². The van der Waals surface area contributed by atoms with Crippen LogP contribution in [-0.2, 0) is 12.8 Å². The first-order valence-electron chi connectivity index (χ1n) is 8.10. The van der Waals surface area contributed by atoms with Crippen molar-refractivity contribution < 1.29 is 4.79 Å². The number of amides is 1. The van der Waals surface area contributed by atoms with E-state index in [2.05, 4.69) is 50.3 Å². The van der Waals surface area contributed by atoms with Crippen molar-refractivity contribution in [3.8, 4) is 0 Å². The van der Waals surface area contributed by atoms with Gasteiger partial charge in [-0.2, -0.15) is 5.10 Å². The molecule has 1 amide bonds. The first kappa shape index (κ1) is 16.6. The Bertz CT molecular complexity index is 681. The Labute approximate surface area is 148 Å². The zero-order valence-electron chi connectivity index (χ0n) is 13.4. The van der Waals surface area contributed by atoms with Crippen molar-refractivity contribution in [3.63, 3.8) is 0 Å². The highest BCUT2D eigenvalue weighted by molar-refractivity contribution is 9.10. The first-order valence-corrected chi connectivity index (χ1v) is 9.71. The average molecular weight is 397 g/mol. The Morgan fingerprint density at radius 2 is 2.00 bits per heavy atom. The molecule has 0 saturated heterocycles. The van der Waals surface area contributed by atoms with Crippen molar-refractivity contribution >= 4 is 38.3 Å². The number of halogens is 1. The lowest BCUT2D eigenvalue weighted by Gasteiger charge is -2.06. The molecule has 7 heteroatoms. The number of carbonyl (C=O) groups is 1. The lowest BCUT2D eigenvalue weighted by atomic mass is 10.0. The highest BCUT2D eigenvalue weighted by atomic mass is 79.9. The van der Waals surface area contributed by atoms with Crippen molar-refractivity contribution in [1.82, 2.24) is 15.2 Å². The van der Waals surface area contributed by atoms with E-state index in [9.17, 15) is 4.79 Å². The van der Waals surface area contributed by atoms with Crippen LogP contribution >= 0.6 is 27.3 Å². The maximum atomic E-state index is 12.5. The van der Waals surface area contributed by atoms with E-state index in [0.717, 1.165) is 28.7 Å². The van der Waals surface area contributed by atoms with E-state index in [1.54, 1.807) is 11.3 Å². The van der Waals surface area contributed by atoms with Gasteiger partial charge in [0.25, 0.3) is 5.91 Å². The Hall–Kier alpha value is -1.21. The van der Waals surface area contributed by atoms with Gasteiger partial charge in [0, 0.05) is 4.88 Å². The van der Waals surface area contributed by atoms with Crippen LogP contribution in [0.1, 0.15) is 72.2 Å². The summed E-state index contributed by atoms with van der Waals surface area (Å²) >= 11 is 5.08. The fourth-order valence-electron chi connectivity index (χ4n) is 2.79. The minimum atomic E-state index is -0.221. The molecule has 23 heavy (non-hydrogen) atoms. The van der Waals surface area contributed by atoms with Gasteiger partial charge < -0.3 is 0 Å². The van der Waals surface area contributed by atoms with Crippen molar-refractivity contribution in [3.05, 3.63) is 26.4 Å². The largest absolute Gasteiger partial charge is 0.296 e. The predicted octanol–water partition coefficient (Wildman–Crippen LogP) is 4.66. The van der Waals surface area contributed by atoms with E-state index in [1.807, 2.05) is 0 Å². The highest BCUT2D eigenvalue weighted by Crippen LogP contribution is 2.30. The monoisotopic (exact) mass is 396 g/mol. The first-order chi connectivity index (χ1) is 11.1. The SMILES string of the molecule is CC(C)c1[nH]nc(C(=O)Nc2nc3c(s2)CCCCCC3)c1Br. The lowest BCUT2D eigenvalue weighted by Crippen LogP contribution is -2.13. The normalized spacial score (nSPS) is 15.1. The van der Waals surface area contributed by atoms with E-state index in [-0.39, 0.29) is 11.8 Å². The summed E-state index contributed by atoms with van der Waals surface area (Å²) in [6.07, 6.45) is 7.06. The number of anilines is 1. The fourth-order valence-corrected chi connectivity index (χ4v) is 4.65. The van der Waals surface area contributed by atoms with E-state index < -0.39 is 0 Å². The predicted molar refractivity (Wildman–Crippen MR) is 96.3 cm³/mol. The number of hydrogen-bond donors (Lipinski definition) is 2. The molecule has 0 fully saturated rings. The smallest absolute Gasteiger partial charge is 0.279 e. The van der Waals surface area contributed by atoms with Crippen LogP contribution in [0.25, 0.3) is 0 Å². The molecule has 1 aliphatic carbocycles. The number of fused-ring (bicyclic) bond motifs is 1. The molecule has 2 heterocycles. The third kappa shape index (κ3) is 3.66. The van der Waals surface area contributed by atoms with Crippen LogP contribution in [0.3, 0.4) is 0 Å². The second-order valence-corrected chi connectivity index (χ2v) is 8.09. The minimum Gasteiger partial charge on any atom is -0.296 e. The van der Waals surface area contributed by atoms with Crippen LogP contribution in [0, 0.1) is 0 Å². The van der Waals surface area contributed by atoms with Crippen molar-refractivity contribution in [2.24, 2.45) is 0 Å². The van der Waals surface area contributed by atoms with Gasteiger partial charge in [0.1, 0.15) is 0 Å². The molecule has 2 N–H and O–H groups in total. The third-order valence-corrected chi connectivity index (χ3v) is 5.97. The number of carbonyl (C=O) groups excluding carboxylic acids is 1. The second-order valence-electron chi connectivity index (χ2n) is 6.21. The molecule has 0 aromatic carbocycles. The zero-order valence-corrected chi connectivity index (χ0v) is 15.8. The molecule has 3 rings (SSSR count). The minimum absolute atomic E-state index is 0.221. The number of aromatic amines is 1. The number of nitrogens with one attached hydrogen (secondary N) is 2. The zero-order chi connectivity index (χ0) is 16.4. The van der Waals surface area contributed by atoms with E-state index in [4.69, 9.17) is 0 Å². The van der Waals surface area contributed by atoms with Gasteiger partial charge in [-0.05, 0) is 47.5 Å². The van der Waals surface area contributed by atoms with Crippen molar-refractivity contribution in [2.45, 2.75) is 58.3 Å². The molecule has 2 aromatic heterocycles. The second kappa shape index (κ2) is 7.13. The number of aromatic nitrogens is 3. The van der Waals surface area contributed by atoms with Gasteiger partial charge >= 0.3 is 0 Å². The quantitative estimate of drug-likeness (QED) is 0.791. The molecule has 0 spiro atoms. The summed E-state index contributed by atoms with van der Waals surface area (Å²) in [5.74, 6) is 0.0554. The molecule has 2 aromatic rings. The molecule has 0 bridgehead atoms. The van der Waals surface area contributed by atoms with Gasteiger partial charge in [-0.1, -0.05) is 26.7 Å². The van der Waals surface area contributed by atoms with Gasteiger partial charge in [0.2, 0.25) is 0 Å².